The zero-order chi connectivity index (χ0) is 19.6. The van der Waals surface area contributed by atoms with Crippen LogP contribution in [0.2, 0.25) is 10.0 Å². The standard InChI is InChI=1S/C18H19Cl2NO4S/c1-10-7-14(20)8-11(2)17(10)25-16-6-5-13(19)9-15(16)21-18(22)12(3)26(4,23)24/h5-9,12H,1-4H3,(H,21,22)/t12-/m1/s1. The molecule has 5 nitrogen and oxygen atoms in total. The van der Waals surface area contributed by atoms with Crippen molar-refractivity contribution in [2.75, 3.05) is 11.6 Å². The van der Waals surface area contributed by atoms with Crippen LogP contribution in [0, 0.1) is 13.8 Å². The van der Waals surface area contributed by atoms with E-state index in [1.54, 1.807) is 24.3 Å². The third-order valence-electron chi connectivity index (χ3n) is 3.85. The summed E-state index contributed by atoms with van der Waals surface area (Å²) in [4.78, 5) is 12.2. The van der Waals surface area contributed by atoms with Gasteiger partial charge in [0.2, 0.25) is 5.91 Å². The summed E-state index contributed by atoms with van der Waals surface area (Å²) < 4.78 is 29.2. The van der Waals surface area contributed by atoms with Crippen LogP contribution in [0.15, 0.2) is 30.3 Å². The van der Waals surface area contributed by atoms with Crippen molar-refractivity contribution >= 4 is 44.6 Å². The second kappa shape index (κ2) is 7.86. The maximum Gasteiger partial charge on any atom is 0.242 e. The summed E-state index contributed by atoms with van der Waals surface area (Å²) >= 11 is 12.1. The topological polar surface area (TPSA) is 72.5 Å². The number of rotatable bonds is 5. The van der Waals surface area contributed by atoms with E-state index in [2.05, 4.69) is 5.32 Å². The highest BCUT2D eigenvalue weighted by atomic mass is 35.5. The Morgan fingerprint density at radius 2 is 1.65 bits per heavy atom. The van der Waals surface area contributed by atoms with Gasteiger partial charge >= 0.3 is 0 Å². The first-order chi connectivity index (χ1) is 12.0. The molecular weight excluding hydrogens is 397 g/mol. The minimum Gasteiger partial charge on any atom is -0.455 e. The molecule has 0 heterocycles. The van der Waals surface area contributed by atoms with E-state index in [9.17, 15) is 13.2 Å². The van der Waals surface area contributed by atoms with E-state index < -0.39 is 21.0 Å². The molecule has 26 heavy (non-hydrogen) atoms. The second-order valence-corrected chi connectivity index (χ2v) is 9.31. The fourth-order valence-electron chi connectivity index (χ4n) is 2.29. The highest BCUT2D eigenvalue weighted by Crippen LogP contribution is 2.36. The van der Waals surface area contributed by atoms with Crippen LogP contribution in [0.25, 0.3) is 0 Å². The Kier molecular flexibility index (Phi) is 6.21. The lowest BCUT2D eigenvalue weighted by Gasteiger charge is -2.17. The number of hydrogen-bond donors (Lipinski definition) is 1. The highest BCUT2D eigenvalue weighted by molar-refractivity contribution is 7.92. The molecule has 0 unspecified atom stereocenters. The lowest BCUT2D eigenvalue weighted by molar-refractivity contribution is -0.115. The van der Waals surface area contributed by atoms with Crippen LogP contribution >= 0.6 is 23.2 Å². The molecular formula is C18H19Cl2NO4S. The number of sulfone groups is 1. The quantitative estimate of drug-likeness (QED) is 0.762. The third-order valence-corrected chi connectivity index (χ3v) is 5.80. The second-order valence-electron chi connectivity index (χ2n) is 6.07. The number of carbonyl (C=O) groups is 1. The number of nitrogens with one attached hydrogen (secondary N) is 1. The highest BCUT2D eigenvalue weighted by Gasteiger charge is 2.24. The van der Waals surface area contributed by atoms with Crippen LogP contribution < -0.4 is 10.1 Å². The van der Waals surface area contributed by atoms with Crippen LogP contribution in [0.4, 0.5) is 5.69 Å². The Hall–Kier alpha value is -1.76. The molecule has 8 heteroatoms. The summed E-state index contributed by atoms with van der Waals surface area (Å²) in [5, 5.41) is 2.35. The molecule has 0 saturated heterocycles. The average molecular weight is 416 g/mol. The van der Waals surface area contributed by atoms with Crippen molar-refractivity contribution in [1.82, 2.24) is 0 Å². The molecule has 0 radical (unpaired) electrons. The van der Waals surface area contributed by atoms with Gasteiger partial charge < -0.3 is 10.1 Å². The number of aryl methyl sites for hydroxylation is 2. The molecule has 0 aliphatic rings. The molecule has 2 aromatic carbocycles. The molecule has 0 aliphatic carbocycles. The average Bonchev–Trinajstić information content (AvgIpc) is 2.50. The summed E-state index contributed by atoms with van der Waals surface area (Å²) in [5.41, 5.74) is 1.94. The van der Waals surface area contributed by atoms with E-state index in [-0.39, 0.29) is 5.69 Å². The summed E-state index contributed by atoms with van der Waals surface area (Å²) in [6.07, 6.45) is 1.01. The minimum atomic E-state index is -3.52. The van der Waals surface area contributed by atoms with Crippen molar-refractivity contribution in [1.29, 1.82) is 0 Å². The monoisotopic (exact) mass is 415 g/mol. The molecule has 0 saturated carbocycles. The number of amides is 1. The van der Waals surface area contributed by atoms with Gasteiger partial charge in [0.05, 0.1) is 5.69 Å². The molecule has 0 bridgehead atoms. The van der Waals surface area contributed by atoms with Crippen molar-refractivity contribution in [3.05, 3.63) is 51.5 Å². The first kappa shape index (κ1) is 20.6. The third kappa shape index (κ3) is 4.90. The fourth-order valence-corrected chi connectivity index (χ4v) is 3.23. The van der Waals surface area contributed by atoms with Crippen LogP contribution in [-0.2, 0) is 14.6 Å². The van der Waals surface area contributed by atoms with E-state index in [1.807, 2.05) is 13.8 Å². The van der Waals surface area contributed by atoms with Crippen LogP contribution in [-0.4, -0.2) is 25.8 Å². The summed E-state index contributed by atoms with van der Waals surface area (Å²) in [7, 11) is -3.52. The van der Waals surface area contributed by atoms with Gasteiger partial charge in [-0.2, -0.15) is 0 Å². The van der Waals surface area contributed by atoms with Gasteiger partial charge in [0.25, 0.3) is 0 Å². The predicted molar refractivity (Wildman–Crippen MR) is 105 cm³/mol. The normalized spacial score (nSPS) is 12.5. The van der Waals surface area contributed by atoms with Gasteiger partial charge in [0.15, 0.2) is 15.6 Å². The molecule has 140 valence electrons. The van der Waals surface area contributed by atoms with Crippen molar-refractivity contribution in [3.63, 3.8) is 0 Å². The van der Waals surface area contributed by atoms with Crippen LogP contribution in [0.3, 0.4) is 0 Å². The Balaban J connectivity index is 2.39. The van der Waals surface area contributed by atoms with Gasteiger partial charge in [-0.05, 0) is 62.2 Å². The van der Waals surface area contributed by atoms with Crippen molar-refractivity contribution in [2.45, 2.75) is 26.0 Å². The van der Waals surface area contributed by atoms with Gasteiger partial charge in [0.1, 0.15) is 11.0 Å². The van der Waals surface area contributed by atoms with Crippen molar-refractivity contribution in [3.8, 4) is 11.5 Å². The molecule has 1 atom stereocenters. The molecule has 0 fully saturated rings. The Bertz CT molecular complexity index is 935. The molecule has 1 N–H and O–H groups in total. The summed E-state index contributed by atoms with van der Waals surface area (Å²) in [6, 6.07) is 8.27. The number of ether oxygens (including phenoxy) is 1. The van der Waals surface area contributed by atoms with E-state index >= 15 is 0 Å². The van der Waals surface area contributed by atoms with Crippen molar-refractivity contribution in [2.24, 2.45) is 0 Å². The smallest absolute Gasteiger partial charge is 0.242 e. The molecule has 0 spiro atoms. The number of halogens is 2. The van der Waals surface area contributed by atoms with E-state index in [0.29, 0.717) is 21.5 Å². The number of hydrogen-bond acceptors (Lipinski definition) is 4. The number of carbonyl (C=O) groups excluding carboxylic acids is 1. The van der Waals surface area contributed by atoms with Crippen molar-refractivity contribution < 1.29 is 17.9 Å². The summed E-state index contributed by atoms with van der Waals surface area (Å²) in [6.45, 7) is 5.03. The SMILES string of the molecule is Cc1cc(Cl)cc(C)c1Oc1ccc(Cl)cc1NC(=O)[C@@H](C)S(C)(=O)=O. The molecule has 0 aliphatic heterocycles. The Morgan fingerprint density at radius 1 is 1.08 bits per heavy atom. The predicted octanol–water partition coefficient (Wildman–Crippen LogP) is 4.77. The van der Waals surface area contributed by atoms with Gasteiger partial charge in [-0.1, -0.05) is 23.2 Å². The maximum absolute atomic E-state index is 12.2. The lowest BCUT2D eigenvalue weighted by atomic mass is 10.1. The van der Waals surface area contributed by atoms with E-state index in [0.717, 1.165) is 17.4 Å². The van der Waals surface area contributed by atoms with Gasteiger partial charge in [-0.3, -0.25) is 4.79 Å². The lowest BCUT2D eigenvalue weighted by Crippen LogP contribution is -2.31. The first-order valence-corrected chi connectivity index (χ1v) is 10.4. The number of benzene rings is 2. The van der Waals surface area contributed by atoms with E-state index in [1.165, 1.54) is 13.0 Å². The molecule has 2 aromatic rings. The zero-order valence-corrected chi connectivity index (χ0v) is 17.1. The largest absolute Gasteiger partial charge is 0.455 e. The first-order valence-electron chi connectivity index (χ1n) is 7.73. The fraction of sp³-hybridized carbons (Fsp3) is 0.278. The van der Waals surface area contributed by atoms with E-state index in [4.69, 9.17) is 27.9 Å². The Morgan fingerprint density at radius 3 is 2.19 bits per heavy atom. The molecule has 0 aromatic heterocycles. The van der Waals surface area contributed by atoms with Crippen LogP contribution in [0.5, 0.6) is 11.5 Å². The number of anilines is 1. The molecule has 1 amide bonds. The maximum atomic E-state index is 12.2. The minimum absolute atomic E-state index is 0.284. The Labute approximate surface area is 163 Å². The van der Waals surface area contributed by atoms with Crippen LogP contribution in [0.1, 0.15) is 18.1 Å². The van der Waals surface area contributed by atoms with Gasteiger partial charge in [-0.15, -0.1) is 0 Å². The zero-order valence-electron chi connectivity index (χ0n) is 14.8. The van der Waals surface area contributed by atoms with Gasteiger partial charge in [-0.25, -0.2) is 8.42 Å². The summed E-state index contributed by atoms with van der Waals surface area (Å²) in [5.74, 6) is 0.282. The van der Waals surface area contributed by atoms with Gasteiger partial charge in [0, 0.05) is 16.3 Å². The molecule has 2 rings (SSSR count).